The number of rotatable bonds is 8. The first-order valence-corrected chi connectivity index (χ1v) is 13.6. The first-order chi connectivity index (χ1) is 15.8. The molecule has 0 N–H and O–H groups in total. The molecule has 3 aliphatic rings. The molecule has 2 aromatic heterocycles. The van der Waals surface area contributed by atoms with Crippen molar-refractivity contribution in [2.45, 2.75) is 88.1 Å². The van der Waals surface area contributed by atoms with Gasteiger partial charge in [-0.2, -0.15) is 0 Å². The monoisotopic (exact) mass is 455 g/mol. The summed E-state index contributed by atoms with van der Waals surface area (Å²) in [6, 6.07) is 4.20. The van der Waals surface area contributed by atoms with E-state index < -0.39 is 0 Å². The highest BCUT2D eigenvalue weighted by Crippen LogP contribution is 2.33. The number of hydrogen-bond donors (Lipinski definition) is 0. The summed E-state index contributed by atoms with van der Waals surface area (Å²) in [6.45, 7) is 5.03. The highest BCUT2D eigenvalue weighted by molar-refractivity contribution is 7.99. The fourth-order valence-corrected chi connectivity index (χ4v) is 6.66. The molecular weight excluding hydrogens is 418 g/mol. The second-order valence-corrected chi connectivity index (χ2v) is 10.8. The van der Waals surface area contributed by atoms with Crippen molar-refractivity contribution in [3.8, 4) is 0 Å². The Morgan fingerprint density at radius 1 is 1.00 bits per heavy atom. The van der Waals surface area contributed by atoms with Crippen LogP contribution in [0.2, 0.25) is 0 Å². The fourth-order valence-electron chi connectivity index (χ4n) is 5.52. The molecule has 6 nitrogen and oxygen atoms in total. The summed E-state index contributed by atoms with van der Waals surface area (Å²) in [6.07, 6.45) is 15.8. The van der Waals surface area contributed by atoms with Gasteiger partial charge in [0.2, 0.25) is 0 Å². The van der Waals surface area contributed by atoms with Gasteiger partial charge in [0.25, 0.3) is 0 Å². The smallest absolute Gasteiger partial charge is 0.191 e. The van der Waals surface area contributed by atoms with E-state index in [0.29, 0.717) is 12.0 Å². The second kappa shape index (κ2) is 11.1. The van der Waals surface area contributed by atoms with Crippen LogP contribution in [0.1, 0.15) is 75.1 Å². The Kier molecular flexibility index (Phi) is 7.77. The summed E-state index contributed by atoms with van der Waals surface area (Å²) in [5, 5.41) is 10.6. The van der Waals surface area contributed by atoms with Gasteiger partial charge in [0.15, 0.2) is 5.16 Å². The Labute approximate surface area is 196 Å². The lowest BCUT2D eigenvalue weighted by molar-refractivity contribution is 0.0931. The average Bonchev–Trinajstić information content (AvgIpc) is 3.50. The van der Waals surface area contributed by atoms with Crippen molar-refractivity contribution in [1.29, 1.82) is 0 Å². The quantitative estimate of drug-likeness (QED) is 0.528. The van der Waals surface area contributed by atoms with E-state index in [1.165, 1.54) is 55.7 Å². The molecule has 4 heterocycles. The van der Waals surface area contributed by atoms with E-state index >= 15 is 0 Å². The van der Waals surface area contributed by atoms with Crippen LogP contribution in [0.3, 0.4) is 0 Å². The Balaban J connectivity index is 1.23. The predicted octanol–water partition coefficient (Wildman–Crippen LogP) is 4.90. The summed E-state index contributed by atoms with van der Waals surface area (Å²) < 4.78 is 8.44. The third kappa shape index (κ3) is 5.72. The zero-order chi connectivity index (χ0) is 21.6. The molecule has 1 aliphatic carbocycles. The number of piperidine rings is 1. The van der Waals surface area contributed by atoms with E-state index in [4.69, 9.17) is 14.9 Å². The van der Waals surface area contributed by atoms with E-state index in [2.05, 4.69) is 20.5 Å². The van der Waals surface area contributed by atoms with Gasteiger partial charge in [-0.05, 0) is 69.2 Å². The van der Waals surface area contributed by atoms with Gasteiger partial charge >= 0.3 is 0 Å². The molecular formula is C25H37N5OS. The van der Waals surface area contributed by atoms with Crippen LogP contribution in [-0.2, 0) is 17.8 Å². The van der Waals surface area contributed by atoms with E-state index in [0.717, 1.165) is 63.1 Å². The third-order valence-corrected chi connectivity index (χ3v) is 8.61. The minimum absolute atomic E-state index is 0.324. The molecule has 7 heteroatoms. The molecule has 1 atom stereocenters. The summed E-state index contributed by atoms with van der Waals surface area (Å²) in [7, 11) is 0. The molecule has 2 aliphatic heterocycles. The minimum Gasteiger partial charge on any atom is -0.376 e. The number of likely N-dealkylation sites (tertiary alicyclic amines) is 1. The largest absolute Gasteiger partial charge is 0.376 e. The van der Waals surface area contributed by atoms with Crippen molar-refractivity contribution in [3.05, 3.63) is 35.9 Å². The van der Waals surface area contributed by atoms with Crippen molar-refractivity contribution in [3.63, 3.8) is 0 Å². The number of pyridine rings is 1. The number of ether oxygens (including phenoxy) is 1. The first-order valence-electron chi connectivity index (χ1n) is 12.6. The van der Waals surface area contributed by atoms with E-state index in [1.54, 1.807) is 0 Å². The highest BCUT2D eigenvalue weighted by Gasteiger charge is 2.29. The molecule has 0 unspecified atom stereocenters. The maximum Gasteiger partial charge on any atom is 0.191 e. The molecule has 174 valence electrons. The second-order valence-electron chi connectivity index (χ2n) is 9.81. The number of nitrogens with zero attached hydrogens (tertiary/aromatic N) is 5. The standard InChI is InChI=1S/C25H37N5OS/c1-2-6-20(7-3-1)19-32-25-28-27-24(30(25)18-23-9-5-15-31-23)22-10-13-29(14-11-22)17-21-8-4-12-26-16-21/h4,8,12,16,20,22-23H,1-3,5-7,9-11,13-15,17-19H2/t23-/m0/s1. The zero-order valence-corrected chi connectivity index (χ0v) is 20.0. The SMILES string of the molecule is c1cncc(CN2CCC(c3nnc(SCC4CCCCC4)n3C[C@@H]3CCCO3)CC2)c1. The maximum atomic E-state index is 6.00. The zero-order valence-electron chi connectivity index (χ0n) is 19.2. The minimum atomic E-state index is 0.324. The van der Waals surface area contributed by atoms with E-state index in [9.17, 15) is 0 Å². The number of aromatic nitrogens is 4. The van der Waals surface area contributed by atoms with Gasteiger partial charge in [-0.25, -0.2) is 0 Å². The van der Waals surface area contributed by atoms with Crippen LogP contribution >= 0.6 is 11.8 Å². The van der Waals surface area contributed by atoms with Crippen LogP contribution < -0.4 is 0 Å². The topological polar surface area (TPSA) is 56.1 Å². The fraction of sp³-hybridized carbons (Fsp3) is 0.720. The van der Waals surface area contributed by atoms with Gasteiger partial charge in [0.05, 0.1) is 12.6 Å². The highest BCUT2D eigenvalue weighted by atomic mass is 32.2. The van der Waals surface area contributed by atoms with Crippen molar-refractivity contribution in [2.75, 3.05) is 25.4 Å². The molecule has 0 radical (unpaired) electrons. The summed E-state index contributed by atoms with van der Waals surface area (Å²) in [5.74, 6) is 3.74. The average molecular weight is 456 g/mol. The van der Waals surface area contributed by atoms with Crippen molar-refractivity contribution in [2.24, 2.45) is 5.92 Å². The third-order valence-electron chi connectivity index (χ3n) is 7.41. The van der Waals surface area contributed by atoms with Crippen molar-refractivity contribution < 1.29 is 4.74 Å². The lowest BCUT2D eigenvalue weighted by Crippen LogP contribution is -2.33. The maximum absolute atomic E-state index is 6.00. The van der Waals surface area contributed by atoms with Gasteiger partial charge in [-0.15, -0.1) is 10.2 Å². The Morgan fingerprint density at radius 2 is 1.88 bits per heavy atom. The van der Waals surface area contributed by atoms with Crippen LogP contribution in [0.5, 0.6) is 0 Å². The molecule has 0 aromatic carbocycles. The molecule has 0 amide bonds. The molecule has 0 spiro atoms. The van der Waals surface area contributed by atoms with Crippen LogP contribution in [-0.4, -0.2) is 56.2 Å². The first kappa shape index (κ1) is 22.4. The predicted molar refractivity (Wildman–Crippen MR) is 128 cm³/mol. The van der Waals surface area contributed by atoms with Gasteiger partial charge < -0.3 is 9.30 Å². The molecule has 32 heavy (non-hydrogen) atoms. The summed E-state index contributed by atoms with van der Waals surface area (Å²) in [5.41, 5.74) is 1.30. The number of thioether (sulfide) groups is 1. The molecule has 1 saturated carbocycles. The summed E-state index contributed by atoms with van der Waals surface area (Å²) in [4.78, 5) is 6.81. The lowest BCUT2D eigenvalue weighted by Gasteiger charge is -2.31. The molecule has 5 rings (SSSR count). The van der Waals surface area contributed by atoms with Gasteiger partial charge in [-0.1, -0.05) is 37.1 Å². The normalized spacial score (nSPS) is 23.7. The van der Waals surface area contributed by atoms with Gasteiger partial charge in [0, 0.05) is 37.2 Å². The van der Waals surface area contributed by atoms with Gasteiger partial charge in [0.1, 0.15) is 5.82 Å². The van der Waals surface area contributed by atoms with E-state index in [1.807, 2.05) is 30.2 Å². The van der Waals surface area contributed by atoms with Gasteiger partial charge in [-0.3, -0.25) is 9.88 Å². The van der Waals surface area contributed by atoms with Crippen molar-refractivity contribution >= 4 is 11.8 Å². The molecule has 0 bridgehead atoms. The Bertz CT molecular complexity index is 824. The van der Waals surface area contributed by atoms with Crippen molar-refractivity contribution in [1.82, 2.24) is 24.6 Å². The molecule has 2 aromatic rings. The number of hydrogen-bond acceptors (Lipinski definition) is 6. The molecule has 2 saturated heterocycles. The van der Waals surface area contributed by atoms with Crippen LogP contribution in [0, 0.1) is 5.92 Å². The van der Waals surface area contributed by atoms with Crippen LogP contribution in [0.15, 0.2) is 29.7 Å². The molecule has 3 fully saturated rings. The summed E-state index contributed by atoms with van der Waals surface area (Å²) >= 11 is 1.94. The lowest BCUT2D eigenvalue weighted by atomic mass is 9.91. The Morgan fingerprint density at radius 3 is 2.62 bits per heavy atom. The Hall–Kier alpha value is -1.44. The van der Waals surface area contributed by atoms with Crippen LogP contribution in [0.4, 0.5) is 0 Å². The van der Waals surface area contributed by atoms with E-state index in [-0.39, 0.29) is 0 Å². The van der Waals surface area contributed by atoms with Crippen LogP contribution in [0.25, 0.3) is 0 Å².